The zero-order valence-electron chi connectivity index (χ0n) is 11.4. The zero-order chi connectivity index (χ0) is 14.8. The van der Waals surface area contributed by atoms with E-state index in [-0.39, 0.29) is 29.9 Å². The fraction of sp³-hybridized carbons (Fsp3) is 0.250. The van der Waals surface area contributed by atoms with E-state index in [2.05, 4.69) is 4.98 Å². The molecule has 1 aliphatic rings. The highest BCUT2D eigenvalue weighted by Crippen LogP contribution is 2.30. The Morgan fingerprint density at radius 2 is 2.05 bits per heavy atom. The molecule has 1 aromatic heterocycles. The predicted octanol–water partition coefficient (Wildman–Crippen LogP) is 2.32. The summed E-state index contributed by atoms with van der Waals surface area (Å²) < 4.78 is 13.8. The molecule has 1 aliphatic carbocycles. The summed E-state index contributed by atoms with van der Waals surface area (Å²) in [4.78, 5) is 28.0. The van der Waals surface area contributed by atoms with E-state index in [1.165, 1.54) is 18.3 Å². The van der Waals surface area contributed by atoms with Crippen molar-refractivity contribution in [3.05, 3.63) is 69.9 Å². The normalized spacial score (nSPS) is 14.0. The number of rotatable bonds is 4. The number of hydrogen-bond donors (Lipinski definition) is 1. The average molecular weight is 286 g/mol. The highest BCUT2D eigenvalue weighted by atomic mass is 19.1. The van der Waals surface area contributed by atoms with Crippen molar-refractivity contribution in [2.24, 2.45) is 0 Å². The Hall–Kier alpha value is -2.43. The lowest BCUT2D eigenvalue weighted by molar-refractivity contribution is 0.0728. The van der Waals surface area contributed by atoms with Crippen molar-refractivity contribution in [3.63, 3.8) is 0 Å². The smallest absolute Gasteiger partial charge is 0.254 e. The van der Waals surface area contributed by atoms with E-state index >= 15 is 0 Å². The molecule has 2 aromatic rings. The fourth-order valence-corrected chi connectivity index (χ4v) is 2.31. The van der Waals surface area contributed by atoms with Gasteiger partial charge >= 0.3 is 0 Å². The van der Waals surface area contributed by atoms with E-state index in [4.69, 9.17) is 0 Å². The molecule has 0 unspecified atom stereocenters. The fourth-order valence-electron chi connectivity index (χ4n) is 2.31. The number of carbonyl (C=O) groups excluding carboxylic acids is 1. The molecule has 0 bridgehead atoms. The van der Waals surface area contributed by atoms with Crippen LogP contribution in [0, 0.1) is 5.82 Å². The molecule has 3 rings (SSSR count). The van der Waals surface area contributed by atoms with Gasteiger partial charge in [0.25, 0.3) is 5.91 Å². The third-order valence-electron chi connectivity index (χ3n) is 3.57. The first kappa shape index (κ1) is 13.5. The molecule has 0 radical (unpaired) electrons. The maximum Gasteiger partial charge on any atom is 0.254 e. The highest BCUT2D eigenvalue weighted by Gasteiger charge is 2.33. The minimum atomic E-state index is -0.318. The van der Waals surface area contributed by atoms with Crippen LogP contribution in [0.15, 0.2) is 47.4 Å². The molecule has 1 aromatic carbocycles. The van der Waals surface area contributed by atoms with Gasteiger partial charge in [0.05, 0.1) is 0 Å². The molecular weight excluding hydrogens is 271 g/mol. The lowest BCUT2D eigenvalue weighted by Crippen LogP contribution is -2.33. The SMILES string of the molecule is O=C(c1cc[nH]c(=O)c1)N(Cc1ccccc1F)C1CC1. The molecule has 1 N–H and O–H groups in total. The molecule has 5 heteroatoms. The number of amides is 1. The van der Waals surface area contributed by atoms with Crippen molar-refractivity contribution in [2.75, 3.05) is 0 Å². The second kappa shape index (κ2) is 5.52. The minimum Gasteiger partial charge on any atom is -0.331 e. The molecule has 1 amide bonds. The molecule has 0 atom stereocenters. The summed E-state index contributed by atoms with van der Waals surface area (Å²) in [5, 5.41) is 0. The summed E-state index contributed by atoms with van der Waals surface area (Å²) >= 11 is 0. The number of H-pyrrole nitrogens is 1. The number of nitrogens with one attached hydrogen (secondary N) is 1. The number of nitrogens with zero attached hydrogens (tertiary/aromatic N) is 1. The zero-order valence-corrected chi connectivity index (χ0v) is 11.4. The first-order valence-electron chi connectivity index (χ1n) is 6.88. The number of carbonyl (C=O) groups is 1. The maximum absolute atomic E-state index is 13.8. The predicted molar refractivity (Wildman–Crippen MR) is 76.4 cm³/mol. The van der Waals surface area contributed by atoms with Crippen molar-refractivity contribution in [1.82, 2.24) is 9.88 Å². The van der Waals surface area contributed by atoms with Crippen LogP contribution in [0.5, 0.6) is 0 Å². The second-order valence-electron chi connectivity index (χ2n) is 5.20. The van der Waals surface area contributed by atoms with Crippen molar-refractivity contribution < 1.29 is 9.18 Å². The van der Waals surface area contributed by atoms with Gasteiger partial charge in [0.2, 0.25) is 5.56 Å². The van der Waals surface area contributed by atoms with Gasteiger partial charge in [-0.25, -0.2) is 4.39 Å². The molecular formula is C16H15FN2O2. The van der Waals surface area contributed by atoms with Crippen molar-refractivity contribution in [2.45, 2.75) is 25.4 Å². The number of halogens is 1. The maximum atomic E-state index is 13.8. The molecule has 4 nitrogen and oxygen atoms in total. The van der Waals surface area contributed by atoms with Crippen LogP contribution in [0.25, 0.3) is 0 Å². The molecule has 0 spiro atoms. The van der Waals surface area contributed by atoms with Gasteiger partial charge in [-0.05, 0) is 25.0 Å². The number of aromatic nitrogens is 1. The van der Waals surface area contributed by atoms with E-state index in [0.717, 1.165) is 12.8 Å². The van der Waals surface area contributed by atoms with Gasteiger partial charge in [-0.3, -0.25) is 9.59 Å². The Morgan fingerprint density at radius 1 is 1.29 bits per heavy atom. The van der Waals surface area contributed by atoms with Gasteiger partial charge in [0.1, 0.15) is 5.82 Å². The van der Waals surface area contributed by atoms with Crippen LogP contribution < -0.4 is 5.56 Å². The molecule has 0 saturated heterocycles. The molecule has 1 fully saturated rings. The summed E-state index contributed by atoms with van der Waals surface area (Å²) in [6.45, 7) is 0.225. The third-order valence-corrected chi connectivity index (χ3v) is 3.57. The second-order valence-corrected chi connectivity index (χ2v) is 5.20. The standard InChI is InChI=1S/C16H15FN2O2/c17-14-4-2-1-3-12(14)10-19(13-5-6-13)16(21)11-7-8-18-15(20)9-11/h1-4,7-9,13H,5-6,10H2,(H,18,20). The van der Waals surface area contributed by atoms with Crippen LogP contribution in [0.3, 0.4) is 0 Å². The van der Waals surface area contributed by atoms with Crippen LogP contribution in [0.4, 0.5) is 4.39 Å². The third kappa shape index (κ3) is 3.02. The Labute approximate surface area is 121 Å². The van der Waals surface area contributed by atoms with Gasteiger partial charge in [-0.15, -0.1) is 0 Å². The summed E-state index contributed by atoms with van der Waals surface area (Å²) in [6.07, 6.45) is 3.29. The Bertz CT molecular complexity index is 722. The van der Waals surface area contributed by atoms with Gasteiger partial charge in [0.15, 0.2) is 0 Å². The number of pyridine rings is 1. The average Bonchev–Trinajstić information content (AvgIpc) is 3.30. The highest BCUT2D eigenvalue weighted by molar-refractivity contribution is 5.94. The molecule has 1 saturated carbocycles. The monoisotopic (exact) mass is 286 g/mol. The van der Waals surface area contributed by atoms with Gasteiger partial charge in [-0.1, -0.05) is 18.2 Å². The summed E-state index contributed by atoms with van der Waals surface area (Å²) in [5.74, 6) is -0.547. The largest absolute Gasteiger partial charge is 0.331 e. The lowest BCUT2D eigenvalue weighted by Gasteiger charge is -2.22. The van der Waals surface area contributed by atoms with Crippen LogP contribution in [-0.4, -0.2) is 21.8 Å². The van der Waals surface area contributed by atoms with Crippen molar-refractivity contribution in [1.29, 1.82) is 0 Å². The van der Waals surface area contributed by atoms with Crippen molar-refractivity contribution >= 4 is 5.91 Å². The summed E-state index contributed by atoms with van der Waals surface area (Å²) in [7, 11) is 0. The summed E-state index contributed by atoms with van der Waals surface area (Å²) in [6, 6.07) is 9.42. The van der Waals surface area contributed by atoms with E-state index in [0.29, 0.717) is 11.1 Å². The Kier molecular flexibility index (Phi) is 3.56. The Morgan fingerprint density at radius 3 is 2.71 bits per heavy atom. The van der Waals surface area contributed by atoms with E-state index in [9.17, 15) is 14.0 Å². The quantitative estimate of drug-likeness (QED) is 0.937. The van der Waals surface area contributed by atoms with Gasteiger partial charge in [-0.2, -0.15) is 0 Å². The number of hydrogen-bond acceptors (Lipinski definition) is 2. The topological polar surface area (TPSA) is 53.2 Å². The lowest BCUT2D eigenvalue weighted by atomic mass is 10.1. The van der Waals surface area contributed by atoms with Crippen LogP contribution in [0.2, 0.25) is 0 Å². The first-order chi connectivity index (χ1) is 10.1. The van der Waals surface area contributed by atoms with Gasteiger partial charge in [0, 0.05) is 36.0 Å². The molecule has 108 valence electrons. The molecule has 1 heterocycles. The van der Waals surface area contributed by atoms with Crippen molar-refractivity contribution in [3.8, 4) is 0 Å². The Balaban J connectivity index is 1.87. The number of aromatic amines is 1. The first-order valence-corrected chi connectivity index (χ1v) is 6.88. The summed E-state index contributed by atoms with van der Waals surface area (Å²) in [5.41, 5.74) is 0.507. The van der Waals surface area contributed by atoms with E-state index in [1.807, 2.05) is 0 Å². The van der Waals surface area contributed by atoms with Crippen LogP contribution in [-0.2, 0) is 6.54 Å². The molecule has 0 aliphatic heterocycles. The minimum absolute atomic E-state index is 0.136. The number of benzene rings is 1. The van der Waals surface area contributed by atoms with E-state index < -0.39 is 0 Å². The van der Waals surface area contributed by atoms with Crippen LogP contribution >= 0.6 is 0 Å². The van der Waals surface area contributed by atoms with Crippen LogP contribution in [0.1, 0.15) is 28.8 Å². The van der Waals surface area contributed by atoms with E-state index in [1.54, 1.807) is 29.2 Å². The molecule has 21 heavy (non-hydrogen) atoms. The van der Waals surface area contributed by atoms with Gasteiger partial charge < -0.3 is 9.88 Å².